The summed E-state index contributed by atoms with van der Waals surface area (Å²) in [6.07, 6.45) is 4.75. The van der Waals surface area contributed by atoms with Gasteiger partial charge in [0.25, 0.3) is 0 Å². The molecule has 0 aromatic rings. The van der Waals surface area contributed by atoms with Crippen LogP contribution in [-0.2, 0) is 0 Å². The van der Waals surface area contributed by atoms with Crippen molar-refractivity contribution in [1.82, 2.24) is 4.90 Å². The lowest BCUT2D eigenvalue weighted by molar-refractivity contribution is 0.644. The lowest BCUT2D eigenvalue weighted by atomic mass is 10.5. The molecular weight excluding hydrogens is 220 g/mol. The smallest absolute Gasteiger partial charge is 0.145 e. The Morgan fingerprint density at radius 3 is 2.67 bits per heavy atom. The molecule has 0 saturated heterocycles. The minimum Gasteiger partial charge on any atom is -0.369 e. The molecule has 0 aliphatic carbocycles. The predicted molar refractivity (Wildman–Crippen MR) is 55.9 cm³/mol. The van der Waals surface area contributed by atoms with Crippen LogP contribution in [0.4, 0.5) is 0 Å². The summed E-state index contributed by atoms with van der Waals surface area (Å²) in [5, 5.41) is 7.29. The van der Waals surface area contributed by atoms with Crippen LogP contribution in [0, 0.1) is 5.41 Å². The average molecular weight is 233 g/mol. The number of nitrogens with two attached hydrogens (primary N) is 1. The highest BCUT2D eigenvalue weighted by molar-refractivity contribution is 9.09. The van der Waals surface area contributed by atoms with Gasteiger partial charge in [-0.25, -0.2) is 4.99 Å². The largest absolute Gasteiger partial charge is 0.369 e. The topological polar surface area (TPSA) is 65.5 Å². The zero-order valence-corrected chi connectivity index (χ0v) is 8.75. The van der Waals surface area contributed by atoms with Crippen molar-refractivity contribution in [2.75, 3.05) is 14.1 Å². The van der Waals surface area contributed by atoms with Gasteiger partial charge in [-0.15, -0.1) is 0 Å². The predicted octanol–water partition coefficient (Wildman–Crippen LogP) is 0.789. The van der Waals surface area contributed by atoms with Crippen LogP contribution in [0.5, 0.6) is 0 Å². The summed E-state index contributed by atoms with van der Waals surface area (Å²) in [5.41, 5.74) is 5.37. The number of amidine groups is 1. The van der Waals surface area contributed by atoms with E-state index in [1.807, 2.05) is 14.1 Å². The van der Waals surface area contributed by atoms with Crippen molar-refractivity contribution in [2.45, 2.75) is 4.95 Å². The van der Waals surface area contributed by atoms with Gasteiger partial charge in [-0.1, -0.05) is 22.0 Å². The SMILES string of the molecule is CN(C)/C=N/C(=N)/C=C\C(N)Br. The molecule has 0 spiro atoms. The van der Waals surface area contributed by atoms with E-state index in [-0.39, 0.29) is 10.8 Å². The maximum Gasteiger partial charge on any atom is 0.145 e. The van der Waals surface area contributed by atoms with Gasteiger partial charge in [0.2, 0.25) is 0 Å². The molecule has 0 saturated carbocycles. The number of hydrogen-bond donors (Lipinski definition) is 2. The minimum atomic E-state index is -0.215. The fourth-order valence-corrected chi connectivity index (χ4v) is 0.556. The maximum absolute atomic E-state index is 7.29. The third-order valence-electron chi connectivity index (χ3n) is 0.866. The first-order valence-corrected chi connectivity index (χ1v) is 4.31. The fraction of sp³-hybridized carbons (Fsp3) is 0.429. The van der Waals surface area contributed by atoms with E-state index in [2.05, 4.69) is 20.9 Å². The van der Waals surface area contributed by atoms with Crippen LogP contribution in [-0.4, -0.2) is 36.1 Å². The molecule has 0 aromatic heterocycles. The van der Waals surface area contributed by atoms with Crippen LogP contribution in [0.3, 0.4) is 0 Å². The first kappa shape index (κ1) is 11.3. The molecule has 1 unspecified atom stereocenters. The van der Waals surface area contributed by atoms with E-state index in [4.69, 9.17) is 11.1 Å². The van der Waals surface area contributed by atoms with Crippen LogP contribution in [0.2, 0.25) is 0 Å². The van der Waals surface area contributed by atoms with Gasteiger partial charge in [0.05, 0.1) is 11.3 Å². The van der Waals surface area contributed by atoms with Gasteiger partial charge in [-0.3, -0.25) is 5.41 Å². The van der Waals surface area contributed by atoms with Crippen LogP contribution in [0.25, 0.3) is 0 Å². The zero-order chi connectivity index (χ0) is 9.56. The summed E-state index contributed by atoms with van der Waals surface area (Å²) >= 11 is 3.11. The summed E-state index contributed by atoms with van der Waals surface area (Å²) in [5.74, 6) is 0.179. The normalized spacial score (nSPS) is 14.0. The van der Waals surface area contributed by atoms with Crippen molar-refractivity contribution in [3.05, 3.63) is 12.2 Å². The first-order chi connectivity index (χ1) is 5.52. The van der Waals surface area contributed by atoms with Crippen LogP contribution in [0.15, 0.2) is 17.1 Å². The average Bonchev–Trinajstić information content (AvgIpc) is 1.96. The Kier molecular flexibility index (Phi) is 5.57. The summed E-state index contributed by atoms with van der Waals surface area (Å²) in [7, 11) is 3.69. The molecule has 0 aliphatic rings. The molecule has 68 valence electrons. The molecule has 0 aliphatic heterocycles. The quantitative estimate of drug-likeness (QED) is 0.327. The Morgan fingerprint density at radius 1 is 1.67 bits per heavy atom. The van der Waals surface area contributed by atoms with E-state index >= 15 is 0 Å². The third kappa shape index (κ3) is 7.43. The second-order valence-corrected chi connectivity index (χ2v) is 3.45. The Bertz CT molecular complexity index is 176. The number of nitrogens with zero attached hydrogens (tertiary/aromatic N) is 2. The van der Waals surface area contributed by atoms with Crippen molar-refractivity contribution in [3.8, 4) is 0 Å². The van der Waals surface area contributed by atoms with Crippen molar-refractivity contribution >= 4 is 28.1 Å². The highest BCUT2D eigenvalue weighted by atomic mass is 79.9. The van der Waals surface area contributed by atoms with E-state index in [1.165, 1.54) is 0 Å². The van der Waals surface area contributed by atoms with Crippen LogP contribution >= 0.6 is 15.9 Å². The molecule has 4 nitrogen and oxygen atoms in total. The summed E-state index contributed by atoms with van der Waals surface area (Å²) in [4.78, 5) is 5.36. The van der Waals surface area contributed by atoms with Crippen molar-refractivity contribution < 1.29 is 0 Å². The zero-order valence-electron chi connectivity index (χ0n) is 7.16. The lowest BCUT2D eigenvalue weighted by Gasteiger charge is -2.00. The molecule has 12 heavy (non-hydrogen) atoms. The molecule has 5 heteroatoms. The van der Waals surface area contributed by atoms with Crippen molar-refractivity contribution in [3.63, 3.8) is 0 Å². The molecule has 0 aromatic carbocycles. The maximum atomic E-state index is 7.29. The monoisotopic (exact) mass is 232 g/mol. The molecular formula is C7H13BrN4. The van der Waals surface area contributed by atoms with E-state index in [1.54, 1.807) is 23.4 Å². The minimum absolute atomic E-state index is 0.179. The van der Waals surface area contributed by atoms with E-state index in [0.717, 1.165) is 0 Å². The Morgan fingerprint density at radius 2 is 2.25 bits per heavy atom. The van der Waals surface area contributed by atoms with E-state index in [0.29, 0.717) is 0 Å². The van der Waals surface area contributed by atoms with E-state index < -0.39 is 0 Å². The van der Waals surface area contributed by atoms with Crippen LogP contribution in [0.1, 0.15) is 0 Å². The van der Waals surface area contributed by atoms with Gasteiger partial charge in [-0.2, -0.15) is 0 Å². The number of halogens is 1. The first-order valence-electron chi connectivity index (χ1n) is 3.39. The van der Waals surface area contributed by atoms with Crippen LogP contribution < -0.4 is 5.73 Å². The second kappa shape index (κ2) is 5.91. The summed E-state index contributed by atoms with van der Waals surface area (Å²) in [6.45, 7) is 0. The van der Waals surface area contributed by atoms with Gasteiger partial charge in [-0.05, 0) is 6.08 Å². The number of alkyl halides is 1. The Balaban J connectivity index is 3.90. The van der Waals surface area contributed by atoms with Crippen molar-refractivity contribution in [1.29, 1.82) is 5.41 Å². The summed E-state index contributed by atoms with van der Waals surface area (Å²) < 4.78 is 0. The summed E-state index contributed by atoms with van der Waals surface area (Å²) in [6, 6.07) is 0. The standard InChI is InChI=1S/C7H13BrN4/c1-12(2)5-11-7(10)4-3-6(8)9/h3-6,10H,9H2,1-2H3/b4-3-,10-7?,11-5+. The molecule has 3 N–H and O–H groups in total. The van der Waals surface area contributed by atoms with Gasteiger partial charge < -0.3 is 10.6 Å². The van der Waals surface area contributed by atoms with Gasteiger partial charge in [0, 0.05) is 14.1 Å². The Labute approximate surface area is 80.8 Å². The van der Waals surface area contributed by atoms with Gasteiger partial charge in [0.15, 0.2) is 0 Å². The molecule has 0 amide bonds. The van der Waals surface area contributed by atoms with Gasteiger partial charge in [0.1, 0.15) is 5.84 Å². The Hall–Kier alpha value is -0.680. The lowest BCUT2D eigenvalue weighted by Crippen LogP contribution is -2.09. The molecule has 0 fully saturated rings. The number of hydrogen-bond acceptors (Lipinski definition) is 2. The molecule has 0 radical (unpaired) electrons. The molecule has 0 rings (SSSR count). The fourth-order valence-electron chi connectivity index (χ4n) is 0.404. The van der Waals surface area contributed by atoms with E-state index in [9.17, 15) is 0 Å². The highest BCUT2D eigenvalue weighted by Crippen LogP contribution is 1.91. The molecule has 1 atom stereocenters. The number of nitrogens with one attached hydrogen (secondary N) is 1. The molecule has 0 bridgehead atoms. The van der Waals surface area contributed by atoms with Gasteiger partial charge >= 0.3 is 0 Å². The number of rotatable bonds is 3. The second-order valence-electron chi connectivity index (χ2n) is 2.40. The molecule has 0 heterocycles. The van der Waals surface area contributed by atoms with Crippen molar-refractivity contribution in [2.24, 2.45) is 10.7 Å². The third-order valence-corrected chi connectivity index (χ3v) is 1.17. The number of aliphatic imine (C=N–C) groups is 1. The highest BCUT2D eigenvalue weighted by Gasteiger charge is 1.88.